The average Bonchev–Trinajstić information content (AvgIpc) is 2.54. The van der Waals surface area contributed by atoms with Gasteiger partial charge in [0.25, 0.3) is 0 Å². The van der Waals surface area contributed by atoms with E-state index in [2.05, 4.69) is 6.92 Å². The highest BCUT2D eigenvalue weighted by Crippen LogP contribution is 2.26. The second-order valence-electron chi connectivity index (χ2n) is 5.38. The number of rotatable bonds is 8. The third-order valence-corrected chi connectivity index (χ3v) is 3.65. The van der Waals surface area contributed by atoms with Gasteiger partial charge in [0.2, 0.25) is 0 Å². The molecule has 116 valence electrons. The predicted molar refractivity (Wildman–Crippen MR) is 87.1 cm³/mol. The van der Waals surface area contributed by atoms with Gasteiger partial charge in [-0.15, -0.1) is 0 Å². The normalized spacial score (nSPS) is 11.9. The van der Waals surface area contributed by atoms with Crippen LogP contribution in [0.3, 0.4) is 0 Å². The van der Waals surface area contributed by atoms with E-state index in [9.17, 15) is 9.90 Å². The molecule has 0 spiro atoms. The van der Waals surface area contributed by atoms with Gasteiger partial charge in [-0.2, -0.15) is 0 Å². The Bertz CT molecular complexity index is 593. The average molecular weight is 298 g/mol. The highest BCUT2D eigenvalue weighted by molar-refractivity contribution is 5.76. The maximum atomic E-state index is 11.5. The quantitative estimate of drug-likeness (QED) is 0.773. The van der Waals surface area contributed by atoms with Gasteiger partial charge in [0.15, 0.2) is 0 Å². The summed E-state index contributed by atoms with van der Waals surface area (Å²) in [6, 6.07) is 17.4. The lowest BCUT2D eigenvalue weighted by atomic mass is 9.93. The van der Waals surface area contributed by atoms with Crippen molar-refractivity contribution in [1.29, 1.82) is 0 Å². The van der Waals surface area contributed by atoms with Crippen LogP contribution in [0, 0.1) is 0 Å². The van der Waals surface area contributed by atoms with Crippen LogP contribution in [-0.2, 0) is 11.4 Å². The van der Waals surface area contributed by atoms with Crippen LogP contribution in [0.15, 0.2) is 54.6 Å². The molecule has 0 bridgehead atoms. The third kappa shape index (κ3) is 4.62. The Kier molecular flexibility index (Phi) is 6.01. The van der Waals surface area contributed by atoms with Crippen LogP contribution in [0.1, 0.15) is 43.2 Å². The number of hydrogen-bond donors (Lipinski definition) is 1. The summed E-state index contributed by atoms with van der Waals surface area (Å²) in [4.78, 5) is 11.5. The van der Waals surface area contributed by atoms with Crippen LogP contribution in [-0.4, -0.2) is 11.1 Å². The molecule has 2 aromatic carbocycles. The summed E-state index contributed by atoms with van der Waals surface area (Å²) >= 11 is 0. The predicted octanol–water partition coefficient (Wildman–Crippen LogP) is 4.62. The molecule has 0 aliphatic carbocycles. The van der Waals surface area contributed by atoms with Gasteiger partial charge in [0.05, 0.1) is 5.92 Å². The minimum Gasteiger partial charge on any atom is -0.489 e. The molecule has 0 aromatic heterocycles. The Labute approximate surface area is 131 Å². The van der Waals surface area contributed by atoms with E-state index >= 15 is 0 Å². The van der Waals surface area contributed by atoms with Gasteiger partial charge in [0, 0.05) is 0 Å². The standard InChI is InChI=1S/C19H22O3/c1-2-3-12-18(19(20)21)16-10-7-11-17(13-16)22-14-15-8-5-4-6-9-15/h4-11,13,18H,2-3,12,14H2,1H3,(H,20,21). The molecule has 2 aromatic rings. The van der Waals surface area contributed by atoms with Gasteiger partial charge in [-0.3, -0.25) is 4.79 Å². The molecule has 1 unspecified atom stereocenters. The van der Waals surface area contributed by atoms with E-state index in [-0.39, 0.29) is 0 Å². The van der Waals surface area contributed by atoms with Crippen molar-refractivity contribution in [3.8, 4) is 5.75 Å². The Balaban J connectivity index is 2.06. The first-order valence-electron chi connectivity index (χ1n) is 7.70. The molecule has 0 aliphatic rings. The van der Waals surface area contributed by atoms with Gasteiger partial charge in [-0.05, 0) is 29.7 Å². The van der Waals surface area contributed by atoms with Gasteiger partial charge < -0.3 is 9.84 Å². The zero-order chi connectivity index (χ0) is 15.8. The summed E-state index contributed by atoms with van der Waals surface area (Å²) in [7, 11) is 0. The van der Waals surface area contributed by atoms with E-state index in [1.54, 1.807) is 0 Å². The molecule has 0 radical (unpaired) electrons. The van der Waals surface area contributed by atoms with Crippen molar-refractivity contribution < 1.29 is 14.6 Å². The second kappa shape index (κ2) is 8.23. The monoisotopic (exact) mass is 298 g/mol. The van der Waals surface area contributed by atoms with Crippen molar-refractivity contribution in [2.45, 2.75) is 38.7 Å². The number of ether oxygens (including phenoxy) is 1. The maximum Gasteiger partial charge on any atom is 0.310 e. The summed E-state index contributed by atoms with van der Waals surface area (Å²) in [5, 5.41) is 9.41. The highest BCUT2D eigenvalue weighted by atomic mass is 16.5. The van der Waals surface area contributed by atoms with Crippen molar-refractivity contribution in [2.75, 3.05) is 0 Å². The molecule has 0 saturated heterocycles. The van der Waals surface area contributed by atoms with E-state index in [4.69, 9.17) is 4.74 Å². The van der Waals surface area contributed by atoms with Crippen molar-refractivity contribution in [3.05, 3.63) is 65.7 Å². The topological polar surface area (TPSA) is 46.5 Å². The van der Waals surface area contributed by atoms with Crippen LogP contribution in [0.5, 0.6) is 5.75 Å². The van der Waals surface area contributed by atoms with E-state index < -0.39 is 11.9 Å². The number of carboxylic acid groups (broad SMARTS) is 1. The summed E-state index contributed by atoms with van der Waals surface area (Å²) in [6.07, 6.45) is 2.56. The molecule has 1 atom stereocenters. The van der Waals surface area contributed by atoms with E-state index in [0.29, 0.717) is 18.8 Å². The molecule has 22 heavy (non-hydrogen) atoms. The maximum absolute atomic E-state index is 11.5. The molecular formula is C19H22O3. The molecule has 3 heteroatoms. The minimum absolute atomic E-state index is 0.458. The summed E-state index contributed by atoms with van der Waals surface area (Å²) < 4.78 is 5.77. The summed E-state index contributed by atoms with van der Waals surface area (Å²) in [5.74, 6) is -0.516. The Morgan fingerprint density at radius 1 is 1.14 bits per heavy atom. The number of aliphatic carboxylic acids is 1. The third-order valence-electron chi connectivity index (χ3n) is 3.65. The fraction of sp³-hybridized carbons (Fsp3) is 0.316. The first-order valence-corrected chi connectivity index (χ1v) is 7.70. The van der Waals surface area contributed by atoms with Crippen molar-refractivity contribution in [1.82, 2.24) is 0 Å². The van der Waals surface area contributed by atoms with Crippen LogP contribution >= 0.6 is 0 Å². The molecule has 0 saturated carbocycles. The fourth-order valence-corrected chi connectivity index (χ4v) is 2.40. The van der Waals surface area contributed by atoms with Gasteiger partial charge in [-0.25, -0.2) is 0 Å². The van der Waals surface area contributed by atoms with Crippen molar-refractivity contribution >= 4 is 5.97 Å². The zero-order valence-electron chi connectivity index (χ0n) is 12.9. The molecule has 0 heterocycles. The lowest BCUT2D eigenvalue weighted by molar-refractivity contribution is -0.139. The van der Waals surface area contributed by atoms with Crippen LogP contribution in [0.4, 0.5) is 0 Å². The van der Waals surface area contributed by atoms with Gasteiger partial charge >= 0.3 is 5.97 Å². The van der Waals surface area contributed by atoms with Crippen LogP contribution in [0.25, 0.3) is 0 Å². The lowest BCUT2D eigenvalue weighted by Crippen LogP contribution is -2.11. The first-order chi connectivity index (χ1) is 10.7. The molecular weight excluding hydrogens is 276 g/mol. The van der Waals surface area contributed by atoms with Crippen LogP contribution < -0.4 is 4.74 Å². The van der Waals surface area contributed by atoms with Gasteiger partial charge in [-0.1, -0.05) is 62.2 Å². The smallest absolute Gasteiger partial charge is 0.310 e. The Hall–Kier alpha value is -2.29. The van der Waals surface area contributed by atoms with Crippen molar-refractivity contribution in [2.24, 2.45) is 0 Å². The zero-order valence-corrected chi connectivity index (χ0v) is 12.9. The largest absolute Gasteiger partial charge is 0.489 e. The number of hydrogen-bond acceptors (Lipinski definition) is 2. The first kappa shape index (κ1) is 16.1. The molecule has 0 amide bonds. The Morgan fingerprint density at radius 2 is 1.91 bits per heavy atom. The molecule has 2 rings (SSSR count). The van der Waals surface area contributed by atoms with E-state index in [1.807, 2.05) is 54.6 Å². The summed E-state index contributed by atoms with van der Waals surface area (Å²) in [5.41, 5.74) is 1.90. The summed E-state index contributed by atoms with van der Waals surface area (Å²) in [6.45, 7) is 2.55. The highest BCUT2D eigenvalue weighted by Gasteiger charge is 2.19. The van der Waals surface area contributed by atoms with E-state index in [0.717, 1.165) is 24.0 Å². The molecule has 1 N–H and O–H groups in total. The number of benzene rings is 2. The van der Waals surface area contributed by atoms with E-state index in [1.165, 1.54) is 0 Å². The Morgan fingerprint density at radius 3 is 2.59 bits per heavy atom. The molecule has 0 fully saturated rings. The molecule has 3 nitrogen and oxygen atoms in total. The fourth-order valence-electron chi connectivity index (χ4n) is 2.40. The van der Waals surface area contributed by atoms with Crippen LogP contribution in [0.2, 0.25) is 0 Å². The second-order valence-corrected chi connectivity index (χ2v) is 5.38. The lowest BCUT2D eigenvalue weighted by Gasteiger charge is -2.14. The number of unbranched alkanes of at least 4 members (excludes halogenated alkanes) is 1. The number of carbonyl (C=O) groups is 1. The van der Waals surface area contributed by atoms with Crippen molar-refractivity contribution in [3.63, 3.8) is 0 Å². The minimum atomic E-state index is -0.770. The van der Waals surface area contributed by atoms with Gasteiger partial charge in [0.1, 0.15) is 12.4 Å². The SMILES string of the molecule is CCCCC(C(=O)O)c1cccc(OCc2ccccc2)c1. The number of carboxylic acids is 1. The molecule has 0 aliphatic heterocycles.